The maximum Gasteiger partial charge on any atom is 0.258 e. The van der Waals surface area contributed by atoms with E-state index in [0.29, 0.717) is 12.6 Å². The third-order valence-corrected chi connectivity index (χ3v) is 4.16. The van der Waals surface area contributed by atoms with Crippen LogP contribution in [0.1, 0.15) is 31.7 Å². The van der Waals surface area contributed by atoms with Gasteiger partial charge in [0.05, 0.1) is 0 Å². The summed E-state index contributed by atoms with van der Waals surface area (Å²) in [5.74, 6) is 0. The van der Waals surface area contributed by atoms with Crippen molar-refractivity contribution in [2.75, 3.05) is 6.54 Å². The number of pyridine rings is 1. The van der Waals surface area contributed by atoms with Crippen molar-refractivity contribution in [3.63, 3.8) is 0 Å². The highest BCUT2D eigenvalue weighted by atomic mass is 32.2. The van der Waals surface area contributed by atoms with Gasteiger partial charge in [0.1, 0.15) is 0 Å². The van der Waals surface area contributed by atoms with E-state index >= 15 is 0 Å². The van der Waals surface area contributed by atoms with Crippen molar-refractivity contribution in [2.45, 2.75) is 43.8 Å². The highest BCUT2D eigenvalue weighted by Crippen LogP contribution is 2.19. The van der Waals surface area contributed by atoms with Crippen molar-refractivity contribution in [1.29, 1.82) is 0 Å². The molecule has 0 amide bonds. The van der Waals surface area contributed by atoms with E-state index in [1.54, 1.807) is 12.3 Å². The molecule has 1 saturated carbocycles. The first-order valence-corrected chi connectivity index (χ1v) is 7.78. The zero-order valence-corrected chi connectivity index (χ0v) is 11.3. The standard InChI is InChI=1S/C12H19N3O2S/c1-2-7-15-18(16,17)12-6-3-10(9-14-12)8-13-11-4-5-11/h3,6,9,11,13,15H,2,4-5,7-8H2,1H3. The van der Waals surface area contributed by atoms with Crippen LogP contribution in [0.25, 0.3) is 0 Å². The molecule has 0 atom stereocenters. The Bertz CT molecular complexity index is 481. The van der Waals surface area contributed by atoms with Crippen LogP contribution in [0, 0.1) is 0 Å². The molecule has 0 spiro atoms. The Balaban J connectivity index is 1.97. The normalized spacial score (nSPS) is 15.8. The molecule has 0 aromatic carbocycles. The quantitative estimate of drug-likeness (QED) is 0.775. The number of rotatable bonds is 7. The van der Waals surface area contributed by atoms with E-state index in [1.807, 2.05) is 13.0 Å². The summed E-state index contributed by atoms with van der Waals surface area (Å²) in [6.07, 6.45) is 4.86. The summed E-state index contributed by atoms with van der Waals surface area (Å²) in [4.78, 5) is 4.01. The van der Waals surface area contributed by atoms with E-state index in [9.17, 15) is 8.42 Å². The van der Waals surface area contributed by atoms with Gasteiger partial charge < -0.3 is 5.32 Å². The molecule has 1 aliphatic carbocycles. The molecule has 0 saturated heterocycles. The van der Waals surface area contributed by atoms with Gasteiger partial charge >= 0.3 is 0 Å². The lowest BCUT2D eigenvalue weighted by molar-refractivity contribution is 0.576. The fourth-order valence-electron chi connectivity index (χ4n) is 1.53. The van der Waals surface area contributed by atoms with Gasteiger partial charge in [0.2, 0.25) is 0 Å². The fourth-order valence-corrected chi connectivity index (χ4v) is 2.59. The Morgan fingerprint density at radius 3 is 2.72 bits per heavy atom. The fraction of sp³-hybridized carbons (Fsp3) is 0.583. The molecular weight excluding hydrogens is 250 g/mol. The molecule has 0 aliphatic heterocycles. The summed E-state index contributed by atoms with van der Waals surface area (Å²) in [5.41, 5.74) is 1.01. The molecule has 0 unspecified atom stereocenters. The minimum atomic E-state index is -3.44. The monoisotopic (exact) mass is 269 g/mol. The molecule has 1 fully saturated rings. The van der Waals surface area contributed by atoms with Crippen molar-refractivity contribution < 1.29 is 8.42 Å². The van der Waals surface area contributed by atoms with Crippen LogP contribution < -0.4 is 10.0 Å². The first-order valence-electron chi connectivity index (χ1n) is 6.30. The Morgan fingerprint density at radius 2 is 2.17 bits per heavy atom. The van der Waals surface area contributed by atoms with Crippen LogP contribution in [0.15, 0.2) is 23.4 Å². The predicted octanol–water partition coefficient (Wildman–Crippen LogP) is 1.02. The number of nitrogens with one attached hydrogen (secondary N) is 2. The van der Waals surface area contributed by atoms with Gasteiger partial charge in [-0.15, -0.1) is 0 Å². The molecule has 5 nitrogen and oxygen atoms in total. The van der Waals surface area contributed by atoms with Crippen LogP contribution in [0.5, 0.6) is 0 Å². The Labute approximate surface area is 108 Å². The molecular formula is C12H19N3O2S. The van der Waals surface area contributed by atoms with Gasteiger partial charge in [-0.2, -0.15) is 0 Å². The molecule has 1 heterocycles. The second-order valence-corrected chi connectivity index (χ2v) is 6.27. The van der Waals surface area contributed by atoms with Gasteiger partial charge in [-0.3, -0.25) is 0 Å². The second-order valence-electron chi connectivity index (χ2n) is 4.56. The maximum absolute atomic E-state index is 11.8. The minimum Gasteiger partial charge on any atom is -0.310 e. The number of hydrogen-bond donors (Lipinski definition) is 2. The van der Waals surface area contributed by atoms with Crippen molar-refractivity contribution in [3.8, 4) is 0 Å². The lowest BCUT2D eigenvalue weighted by atomic mass is 10.3. The average Bonchev–Trinajstić information content (AvgIpc) is 3.18. The van der Waals surface area contributed by atoms with Crippen molar-refractivity contribution in [3.05, 3.63) is 23.9 Å². The van der Waals surface area contributed by atoms with E-state index in [2.05, 4.69) is 15.0 Å². The molecule has 1 aromatic heterocycles. The van der Waals surface area contributed by atoms with Gasteiger partial charge in [0.15, 0.2) is 5.03 Å². The first kappa shape index (κ1) is 13.5. The molecule has 1 aliphatic rings. The second kappa shape index (κ2) is 5.77. The lowest BCUT2D eigenvalue weighted by Gasteiger charge is -2.06. The Morgan fingerprint density at radius 1 is 1.39 bits per heavy atom. The van der Waals surface area contributed by atoms with E-state index in [1.165, 1.54) is 12.8 Å². The molecule has 2 N–H and O–H groups in total. The van der Waals surface area contributed by atoms with Crippen molar-refractivity contribution >= 4 is 10.0 Å². The summed E-state index contributed by atoms with van der Waals surface area (Å²) in [6.45, 7) is 3.11. The molecule has 0 bridgehead atoms. The van der Waals surface area contributed by atoms with Gasteiger partial charge in [0.25, 0.3) is 10.0 Å². The molecule has 0 radical (unpaired) electrons. The Kier molecular flexibility index (Phi) is 4.31. The van der Waals surface area contributed by atoms with E-state index < -0.39 is 10.0 Å². The van der Waals surface area contributed by atoms with Crippen LogP contribution in [0.3, 0.4) is 0 Å². The Hall–Kier alpha value is -0.980. The highest BCUT2D eigenvalue weighted by molar-refractivity contribution is 7.89. The third-order valence-electron chi connectivity index (χ3n) is 2.79. The van der Waals surface area contributed by atoms with Crippen molar-refractivity contribution in [2.24, 2.45) is 0 Å². The van der Waals surface area contributed by atoms with E-state index in [4.69, 9.17) is 0 Å². The summed E-state index contributed by atoms with van der Waals surface area (Å²) in [6, 6.07) is 4.00. The third kappa shape index (κ3) is 3.76. The number of aromatic nitrogens is 1. The maximum atomic E-state index is 11.8. The predicted molar refractivity (Wildman–Crippen MR) is 69.6 cm³/mol. The lowest BCUT2D eigenvalue weighted by Crippen LogP contribution is -2.25. The van der Waals surface area contributed by atoms with Crippen LogP contribution >= 0.6 is 0 Å². The van der Waals surface area contributed by atoms with Crippen LogP contribution in [-0.4, -0.2) is 26.0 Å². The van der Waals surface area contributed by atoms with Crippen LogP contribution in [-0.2, 0) is 16.6 Å². The highest BCUT2D eigenvalue weighted by Gasteiger charge is 2.20. The van der Waals surface area contributed by atoms with Crippen LogP contribution in [0.2, 0.25) is 0 Å². The summed E-state index contributed by atoms with van der Waals surface area (Å²) >= 11 is 0. The molecule has 2 rings (SSSR count). The van der Waals surface area contributed by atoms with Gasteiger partial charge in [-0.1, -0.05) is 13.0 Å². The summed E-state index contributed by atoms with van der Waals surface area (Å²) in [5, 5.41) is 3.45. The minimum absolute atomic E-state index is 0.0890. The largest absolute Gasteiger partial charge is 0.310 e. The zero-order chi connectivity index (χ0) is 13.0. The first-order chi connectivity index (χ1) is 8.62. The summed E-state index contributed by atoms with van der Waals surface area (Å²) in [7, 11) is -3.44. The average molecular weight is 269 g/mol. The van der Waals surface area contributed by atoms with E-state index in [0.717, 1.165) is 18.5 Å². The SMILES string of the molecule is CCCNS(=O)(=O)c1ccc(CNC2CC2)cn1. The smallest absolute Gasteiger partial charge is 0.258 e. The van der Waals surface area contributed by atoms with Gasteiger partial charge in [0, 0.05) is 25.3 Å². The van der Waals surface area contributed by atoms with Gasteiger partial charge in [-0.25, -0.2) is 18.1 Å². The van der Waals surface area contributed by atoms with Crippen LogP contribution in [0.4, 0.5) is 0 Å². The number of sulfonamides is 1. The van der Waals surface area contributed by atoms with Crippen molar-refractivity contribution in [1.82, 2.24) is 15.0 Å². The van der Waals surface area contributed by atoms with E-state index in [-0.39, 0.29) is 5.03 Å². The number of nitrogens with zero attached hydrogens (tertiary/aromatic N) is 1. The molecule has 6 heteroatoms. The molecule has 18 heavy (non-hydrogen) atoms. The topological polar surface area (TPSA) is 71.1 Å². The number of hydrogen-bond acceptors (Lipinski definition) is 4. The molecule has 100 valence electrons. The van der Waals surface area contributed by atoms with Gasteiger partial charge in [-0.05, 0) is 30.9 Å². The summed E-state index contributed by atoms with van der Waals surface area (Å²) < 4.78 is 26.1. The zero-order valence-electron chi connectivity index (χ0n) is 10.5. The molecule has 1 aromatic rings.